The maximum Gasteiger partial charge on any atom is 0.0588 e. The lowest BCUT2D eigenvalue weighted by molar-refractivity contribution is -0.0947. The van der Waals surface area contributed by atoms with E-state index >= 15 is 0 Å². The summed E-state index contributed by atoms with van der Waals surface area (Å²) in [6.45, 7) is 4.08. The van der Waals surface area contributed by atoms with Gasteiger partial charge in [-0.15, -0.1) is 0 Å². The highest BCUT2D eigenvalue weighted by Crippen LogP contribution is 2.43. The van der Waals surface area contributed by atoms with Gasteiger partial charge in [0.2, 0.25) is 0 Å². The molecule has 0 saturated carbocycles. The Hall–Kier alpha value is -1.38. The van der Waals surface area contributed by atoms with Crippen LogP contribution in [-0.2, 0) is 10.2 Å². The van der Waals surface area contributed by atoms with Gasteiger partial charge in [-0.1, -0.05) is 42.5 Å². The number of ether oxygens (including phenoxy) is 1. The van der Waals surface area contributed by atoms with Gasteiger partial charge in [-0.3, -0.25) is 0 Å². The number of hydrogen-bond acceptors (Lipinski definition) is 2. The highest BCUT2D eigenvalue weighted by Gasteiger charge is 2.47. The predicted molar refractivity (Wildman–Crippen MR) is 82.0 cm³/mol. The van der Waals surface area contributed by atoms with Crippen LogP contribution in [0.2, 0.25) is 0 Å². The second-order valence-electron chi connectivity index (χ2n) is 6.25. The van der Waals surface area contributed by atoms with Crippen molar-refractivity contribution in [1.82, 2.24) is 5.32 Å². The minimum atomic E-state index is 0.247. The van der Waals surface area contributed by atoms with Crippen molar-refractivity contribution in [2.75, 3.05) is 26.3 Å². The average Bonchev–Trinajstić information content (AvgIpc) is 2.47. The molecular weight excluding hydrogens is 246 g/mol. The van der Waals surface area contributed by atoms with Crippen molar-refractivity contribution in [3.63, 3.8) is 0 Å². The Kier molecular flexibility index (Phi) is 3.01. The van der Waals surface area contributed by atoms with Crippen molar-refractivity contribution >= 4 is 10.8 Å². The van der Waals surface area contributed by atoms with Crippen molar-refractivity contribution in [2.24, 2.45) is 5.92 Å². The first-order valence-electron chi connectivity index (χ1n) is 7.66. The van der Waals surface area contributed by atoms with Gasteiger partial charge < -0.3 is 10.1 Å². The fourth-order valence-corrected chi connectivity index (χ4v) is 3.78. The zero-order chi connectivity index (χ0) is 13.4. The average molecular weight is 267 g/mol. The Balaban J connectivity index is 1.75. The van der Waals surface area contributed by atoms with Crippen LogP contribution in [0.1, 0.15) is 18.4 Å². The molecule has 0 amide bonds. The third-order valence-electron chi connectivity index (χ3n) is 5.12. The molecule has 1 unspecified atom stereocenters. The van der Waals surface area contributed by atoms with E-state index in [0.717, 1.165) is 19.8 Å². The molecule has 0 radical (unpaired) electrons. The second kappa shape index (κ2) is 4.87. The van der Waals surface area contributed by atoms with Crippen LogP contribution in [-0.4, -0.2) is 26.3 Å². The van der Waals surface area contributed by atoms with Gasteiger partial charge in [0, 0.05) is 5.41 Å². The van der Waals surface area contributed by atoms with E-state index in [0.29, 0.717) is 5.92 Å². The van der Waals surface area contributed by atoms with Crippen LogP contribution < -0.4 is 5.32 Å². The minimum absolute atomic E-state index is 0.247. The molecule has 2 aromatic carbocycles. The maximum atomic E-state index is 5.63. The van der Waals surface area contributed by atoms with Crippen LogP contribution in [0.4, 0.5) is 0 Å². The molecule has 4 rings (SSSR count). The number of piperidine rings is 1. The van der Waals surface area contributed by atoms with Gasteiger partial charge in [-0.2, -0.15) is 0 Å². The standard InChI is InChI=1S/C18H21NO/c1-2-5-15-10-16(8-7-14(15)4-1)18(12-20-13-18)17-6-3-9-19-11-17/h1-2,4-5,7-8,10,17,19H,3,6,9,11-13H2. The predicted octanol–water partition coefficient (Wildman–Crippen LogP) is 3.11. The third-order valence-corrected chi connectivity index (χ3v) is 5.12. The summed E-state index contributed by atoms with van der Waals surface area (Å²) in [6, 6.07) is 15.6. The Morgan fingerprint density at radius 2 is 1.90 bits per heavy atom. The minimum Gasteiger partial charge on any atom is -0.379 e. The first kappa shape index (κ1) is 12.4. The summed E-state index contributed by atoms with van der Waals surface area (Å²) in [5, 5.41) is 6.23. The first-order valence-corrected chi connectivity index (χ1v) is 7.66. The summed E-state index contributed by atoms with van der Waals surface area (Å²) in [4.78, 5) is 0. The Bertz CT molecular complexity index is 612. The van der Waals surface area contributed by atoms with E-state index in [9.17, 15) is 0 Å². The molecule has 0 bridgehead atoms. The van der Waals surface area contributed by atoms with E-state index in [1.807, 2.05) is 0 Å². The summed E-state index contributed by atoms with van der Waals surface area (Å²) < 4.78 is 5.63. The third kappa shape index (κ3) is 1.87. The number of nitrogens with one attached hydrogen (secondary N) is 1. The summed E-state index contributed by atoms with van der Waals surface area (Å²) in [5.41, 5.74) is 1.72. The summed E-state index contributed by atoms with van der Waals surface area (Å²) >= 11 is 0. The van der Waals surface area contributed by atoms with Gasteiger partial charge >= 0.3 is 0 Å². The van der Waals surface area contributed by atoms with E-state index < -0.39 is 0 Å². The molecule has 2 saturated heterocycles. The van der Waals surface area contributed by atoms with Crippen molar-refractivity contribution in [2.45, 2.75) is 18.3 Å². The van der Waals surface area contributed by atoms with Crippen LogP contribution >= 0.6 is 0 Å². The Morgan fingerprint density at radius 1 is 1.05 bits per heavy atom. The van der Waals surface area contributed by atoms with E-state index in [-0.39, 0.29) is 5.41 Å². The molecule has 0 aliphatic carbocycles. The van der Waals surface area contributed by atoms with Gasteiger partial charge in [0.05, 0.1) is 13.2 Å². The highest BCUT2D eigenvalue weighted by molar-refractivity contribution is 5.83. The van der Waals surface area contributed by atoms with Crippen molar-refractivity contribution in [3.8, 4) is 0 Å². The second-order valence-corrected chi connectivity index (χ2v) is 6.25. The fourth-order valence-electron chi connectivity index (χ4n) is 3.78. The monoisotopic (exact) mass is 267 g/mol. The van der Waals surface area contributed by atoms with Crippen LogP contribution in [0.3, 0.4) is 0 Å². The molecule has 2 aliphatic rings. The number of fused-ring (bicyclic) bond motifs is 1. The summed E-state index contributed by atoms with van der Waals surface area (Å²) in [7, 11) is 0. The van der Waals surface area contributed by atoms with E-state index in [1.54, 1.807) is 0 Å². The van der Waals surface area contributed by atoms with E-state index in [2.05, 4.69) is 47.8 Å². The zero-order valence-electron chi connectivity index (χ0n) is 11.8. The van der Waals surface area contributed by atoms with Gasteiger partial charge in [-0.05, 0) is 48.2 Å². The van der Waals surface area contributed by atoms with Gasteiger partial charge in [0.15, 0.2) is 0 Å². The molecule has 0 spiro atoms. The number of rotatable bonds is 2. The molecule has 1 atom stereocenters. The summed E-state index contributed by atoms with van der Waals surface area (Å²) in [6.07, 6.45) is 2.61. The fraction of sp³-hybridized carbons (Fsp3) is 0.444. The molecular formula is C18H21NO. The van der Waals surface area contributed by atoms with Gasteiger partial charge in [0.1, 0.15) is 0 Å². The molecule has 2 aliphatic heterocycles. The smallest absolute Gasteiger partial charge is 0.0588 e. The Labute approximate surface area is 120 Å². The maximum absolute atomic E-state index is 5.63. The molecule has 2 aromatic rings. The zero-order valence-corrected chi connectivity index (χ0v) is 11.8. The van der Waals surface area contributed by atoms with E-state index in [4.69, 9.17) is 4.74 Å². The van der Waals surface area contributed by atoms with Crippen molar-refractivity contribution in [1.29, 1.82) is 0 Å². The summed E-state index contributed by atoms with van der Waals surface area (Å²) in [5.74, 6) is 0.714. The van der Waals surface area contributed by atoms with Crippen LogP contribution in [0.5, 0.6) is 0 Å². The number of hydrogen-bond donors (Lipinski definition) is 1. The number of benzene rings is 2. The topological polar surface area (TPSA) is 21.3 Å². The SMILES string of the molecule is c1ccc2cc(C3(C4CCCNC4)COC3)ccc2c1. The molecule has 2 heteroatoms. The normalized spacial score (nSPS) is 25.3. The lowest BCUT2D eigenvalue weighted by Crippen LogP contribution is -2.56. The molecule has 20 heavy (non-hydrogen) atoms. The quantitative estimate of drug-likeness (QED) is 0.902. The largest absolute Gasteiger partial charge is 0.379 e. The van der Waals surface area contributed by atoms with Gasteiger partial charge in [0.25, 0.3) is 0 Å². The molecule has 104 valence electrons. The molecule has 0 aromatic heterocycles. The lowest BCUT2D eigenvalue weighted by atomic mass is 9.66. The first-order chi connectivity index (χ1) is 9.88. The van der Waals surface area contributed by atoms with Crippen molar-refractivity contribution in [3.05, 3.63) is 48.0 Å². The van der Waals surface area contributed by atoms with Gasteiger partial charge in [-0.25, -0.2) is 0 Å². The molecule has 2 heterocycles. The molecule has 1 N–H and O–H groups in total. The van der Waals surface area contributed by atoms with Crippen LogP contribution in [0.25, 0.3) is 10.8 Å². The molecule has 2 fully saturated rings. The van der Waals surface area contributed by atoms with E-state index in [1.165, 1.54) is 35.7 Å². The lowest BCUT2D eigenvalue weighted by Gasteiger charge is -2.49. The molecule has 2 nitrogen and oxygen atoms in total. The van der Waals surface area contributed by atoms with Crippen molar-refractivity contribution < 1.29 is 4.74 Å². The Morgan fingerprint density at radius 3 is 2.60 bits per heavy atom. The highest BCUT2D eigenvalue weighted by atomic mass is 16.5. The van der Waals surface area contributed by atoms with Crippen LogP contribution in [0, 0.1) is 5.92 Å². The van der Waals surface area contributed by atoms with Crippen LogP contribution in [0.15, 0.2) is 42.5 Å².